The van der Waals surface area contributed by atoms with Crippen molar-refractivity contribution in [2.24, 2.45) is 0 Å². The van der Waals surface area contributed by atoms with Crippen molar-refractivity contribution in [3.8, 4) is 0 Å². The highest BCUT2D eigenvalue weighted by atomic mass is 16.6. The minimum atomic E-state index is -0.364. The minimum absolute atomic E-state index is 0.0569. The summed E-state index contributed by atoms with van der Waals surface area (Å²) in [4.78, 5) is 23.8. The van der Waals surface area contributed by atoms with Gasteiger partial charge in [-0.1, -0.05) is 48.5 Å². The number of hydrogen-bond acceptors (Lipinski definition) is 4. The van der Waals surface area contributed by atoms with Crippen molar-refractivity contribution in [2.75, 3.05) is 13.2 Å². The summed E-state index contributed by atoms with van der Waals surface area (Å²) in [6, 6.07) is 16.0. The molecule has 1 fully saturated rings. The highest BCUT2D eigenvalue weighted by molar-refractivity contribution is 6.06. The summed E-state index contributed by atoms with van der Waals surface area (Å²) in [5.41, 5.74) is 1.97. The molecule has 0 spiro atoms. The predicted octanol–water partition coefficient (Wildman–Crippen LogP) is 3.14. The Morgan fingerprint density at radius 1 is 1.04 bits per heavy atom. The quantitative estimate of drug-likeness (QED) is 0.356. The van der Waals surface area contributed by atoms with E-state index < -0.39 is 0 Å². The van der Waals surface area contributed by atoms with Crippen LogP contribution in [0.5, 0.6) is 0 Å². The first-order valence-electron chi connectivity index (χ1n) is 7.38. The average molecular weight is 308 g/mol. The summed E-state index contributed by atoms with van der Waals surface area (Å²) in [6.07, 6.45) is 3.31. The van der Waals surface area contributed by atoms with Gasteiger partial charge in [0, 0.05) is 5.56 Å². The van der Waals surface area contributed by atoms with Gasteiger partial charge in [-0.25, -0.2) is 4.79 Å². The van der Waals surface area contributed by atoms with Gasteiger partial charge in [-0.05, 0) is 23.8 Å². The SMILES string of the molecule is O=C(/C=C/c1ccc(C(=O)OCC2CO2)cc1)c1ccccc1. The van der Waals surface area contributed by atoms with E-state index in [2.05, 4.69) is 0 Å². The highest BCUT2D eigenvalue weighted by Crippen LogP contribution is 2.12. The van der Waals surface area contributed by atoms with Crippen molar-refractivity contribution in [3.05, 3.63) is 77.4 Å². The van der Waals surface area contributed by atoms with Gasteiger partial charge < -0.3 is 9.47 Å². The molecule has 116 valence electrons. The van der Waals surface area contributed by atoms with Crippen LogP contribution in [-0.4, -0.2) is 31.1 Å². The molecule has 0 saturated carbocycles. The summed E-state index contributed by atoms with van der Waals surface area (Å²) in [5, 5.41) is 0. The Bertz CT molecular complexity index is 713. The molecule has 4 heteroatoms. The molecule has 0 aromatic heterocycles. The Labute approximate surface area is 134 Å². The number of esters is 1. The molecule has 0 N–H and O–H groups in total. The monoisotopic (exact) mass is 308 g/mol. The first-order valence-corrected chi connectivity index (χ1v) is 7.38. The molecule has 4 nitrogen and oxygen atoms in total. The maximum absolute atomic E-state index is 12.0. The van der Waals surface area contributed by atoms with E-state index in [0.717, 1.165) is 5.56 Å². The molecule has 0 aliphatic carbocycles. The summed E-state index contributed by atoms with van der Waals surface area (Å²) in [5.74, 6) is -0.421. The number of ketones is 1. The lowest BCUT2D eigenvalue weighted by Crippen LogP contribution is -2.09. The van der Waals surface area contributed by atoms with Crippen LogP contribution in [0.25, 0.3) is 6.08 Å². The third-order valence-electron chi connectivity index (χ3n) is 3.43. The molecule has 1 saturated heterocycles. The van der Waals surface area contributed by atoms with E-state index in [0.29, 0.717) is 24.3 Å². The van der Waals surface area contributed by atoms with Crippen molar-refractivity contribution in [1.82, 2.24) is 0 Å². The lowest BCUT2D eigenvalue weighted by molar-refractivity contribution is 0.0476. The fourth-order valence-electron chi connectivity index (χ4n) is 2.02. The number of allylic oxidation sites excluding steroid dienone is 1. The number of benzene rings is 2. The number of carbonyl (C=O) groups is 2. The molecule has 1 heterocycles. The standard InChI is InChI=1S/C19H16O4/c20-18(15-4-2-1-3-5-15)11-8-14-6-9-16(10-7-14)19(21)23-13-17-12-22-17/h1-11,17H,12-13H2/b11-8+. The first kappa shape index (κ1) is 15.2. The van der Waals surface area contributed by atoms with Gasteiger partial charge in [0.25, 0.3) is 0 Å². The fraction of sp³-hybridized carbons (Fsp3) is 0.158. The molecule has 0 amide bonds. The average Bonchev–Trinajstić information content (AvgIpc) is 3.43. The van der Waals surface area contributed by atoms with Gasteiger partial charge in [0.15, 0.2) is 5.78 Å². The zero-order valence-electron chi connectivity index (χ0n) is 12.5. The van der Waals surface area contributed by atoms with Crippen molar-refractivity contribution in [2.45, 2.75) is 6.10 Å². The van der Waals surface area contributed by atoms with Crippen LogP contribution in [0.2, 0.25) is 0 Å². The van der Waals surface area contributed by atoms with E-state index in [-0.39, 0.29) is 17.9 Å². The molecule has 1 unspecified atom stereocenters. The van der Waals surface area contributed by atoms with Gasteiger partial charge in [0.05, 0.1) is 12.2 Å². The molecule has 1 atom stereocenters. The van der Waals surface area contributed by atoms with Crippen LogP contribution >= 0.6 is 0 Å². The van der Waals surface area contributed by atoms with E-state index in [1.807, 2.05) is 18.2 Å². The molecule has 2 aromatic carbocycles. The third kappa shape index (κ3) is 4.37. The number of rotatable bonds is 6. The Balaban J connectivity index is 1.59. The van der Waals surface area contributed by atoms with Gasteiger partial charge in [0.2, 0.25) is 0 Å². The van der Waals surface area contributed by atoms with Crippen LogP contribution in [0, 0.1) is 0 Å². The third-order valence-corrected chi connectivity index (χ3v) is 3.43. The second-order valence-electron chi connectivity index (χ2n) is 5.24. The molecule has 1 aliphatic heterocycles. The molecular formula is C19H16O4. The van der Waals surface area contributed by atoms with E-state index in [1.165, 1.54) is 6.08 Å². The van der Waals surface area contributed by atoms with Gasteiger partial charge in [-0.2, -0.15) is 0 Å². The van der Waals surface area contributed by atoms with Gasteiger partial charge in [-0.3, -0.25) is 4.79 Å². The molecule has 2 aromatic rings. The maximum Gasteiger partial charge on any atom is 0.338 e. The normalized spacial score (nSPS) is 16.3. The van der Waals surface area contributed by atoms with E-state index >= 15 is 0 Å². The molecule has 3 rings (SSSR count). The van der Waals surface area contributed by atoms with E-state index in [9.17, 15) is 9.59 Å². The summed E-state index contributed by atoms with van der Waals surface area (Å²) in [6.45, 7) is 0.957. The van der Waals surface area contributed by atoms with Crippen LogP contribution in [0.15, 0.2) is 60.7 Å². The van der Waals surface area contributed by atoms with Gasteiger partial charge >= 0.3 is 5.97 Å². The maximum atomic E-state index is 12.0. The minimum Gasteiger partial charge on any atom is -0.459 e. The van der Waals surface area contributed by atoms with Crippen molar-refractivity contribution in [3.63, 3.8) is 0 Å². The van der Waals surface area contributed by atoms with Gasteiger partial charge in [-0.15, -0.1) is 0 Å². The Kier molecular flexibility index (Phi) is 4.64. The lowest BCUT2D eigenvalue weighted by atomic mass is 10.1. The summed E-state index contributed by atoms with van der Waals surface area (Å²) >= 11 is 0. The Morgan fingerprint density at radius 3 is 2.39 bits per heavy atom. The molecule has 23 heavy (non-hydrogen) atoms. The number of epoxide rings is 1. The van der Waals surface area contributed by atoms with Crippen molar-refractivity contribution < 1.29 is 19.1 Å². The second-order valence-corrected chi connectivity index (χ2v) is 5.24. The zero-order valence-corrected chi connectivity index (χ0v) is 12.5. The number of carbonyl (C=O) groups excluding carboxylic acids is 2. The predicted molar refractivity (Wildman–Crippen MR) is 86.3 cm³/mol. The lowest BCUT2D eigenvalue weighted by Gasteiger charge is -2.03. The molecule has 1 aliphatic rings. The Morgan fingerprint density at radius 2 is 1.74 bits per heavy atom. The topological polar surface area (TPSA) is 55.9 Å². The molecular weight excluding hydrogens is 292 g/mol. The molecule has 0 bridgehead atoms. The largest absolute Gasteiger partial charge is 0.459 e. The molecule has 0 radical (unpaired) electrons. The van der Waals surface area contributed by atoms with Crippen LogP contribution in [-0.2, 0) is 9.47 Å². The number of ether oxygens (including phenoxy) is 2. The smallest absolute Gasteiger partial charge is 0.338 e. The van der Waals surface area contributed by atoms with Gasteiger partial charge in [0.1, 0.15) is 12.7 Å². The summed E-state index contributed by atoms with van der Waals surface area (Å²) < 4.78 is 10.1. The summed E-state index contributed by atoms with van der Waals surface area (Å²) in [7, 11) is 0. The van der Waals surface area contributed by atoms with E-state index in [1.54, 1.807) is 42.5 Å². The van der Waals surface area contributed by atoms with E-state index in [4.69, 9.17) is 9.47 Å². The first-order chi connectivity index (χ1) is 11.2. The van der Waals surface area contributed by atoms with Crippen LogP contribution in [0.4, 0.5) is 0 Å². The zero-order chi connectivity index (χ0) is 16.1. The van der Waals surface area contributed by atoms with Crippen molar-refractivity contribution >= 4 is 17.8 Å². The fourth-order valence-corrected chi connectivity index (χ4v) is 2.02. The Hall–Kier alpha value is -2.72. The van der Waals surface area contributed by atoms with Crippen LogP contribution in [0.3, 0.4) is 0 Å². The highest BCUT2D eigenvalue weighted by Gasteiger charge is 2.24. The van der Waals surface area contributed by atoms with Crippen LogP contribution in [0.1, 0.15) is 26.3 Å². The van der Waals surface area contributed by atoms with Crippen LogP contribution < -0.4 is 0 Å². The van der Waals surface area contributed by atoms with Crippen molar-refractivity contribution in [1.29, 1.82) is 0 Å². The number of hydrogen-bond donors (Lipinski definition) is 0. The second kappa shape index (κ2) is 7.03.